The van der Waals surface area contributed by atoms with Gasteiger partial charge in [0.1, 0.15) is 5.75 Å². The van der Waals surface area contributed by atoms with Gasteiger partial charge in [-0.1, -0.05) is 23.7 Å². The first-order valence-corrected chi connectivity index (χ1v) is 5.31. The van der Waals surface area contributed by atoms with Gasteiger partial charge in [0.05, 0.1) is 11.6 Å². The second-order valence-corrected chi connectivity index (χ2v) is 3.81. The molecule has 0 heterocycles. The molecular formula is C12H16ClNO. The van der Waals surface area contributed by atoms with E-state index in [4.69, 9.17) is 22.1 Å². The van der Waals surface area contributed by atoms with Crippen molar-refractivity contribution in [3.63, 3.8) is 0 Å². The van der Waals surface area contributed by atoms with Crippen LogP contribution in [0.5, 0.6) is 5.75 Å². The molecule has 0 radical (unpaired) electrons. The van der Waals surface area contributed by atoms with Crippen molar-refractivity contribution in [1.29, 1.82) is 0 Å². The molecule has 3 heteroatoms. The average molecular weight is 226 g/mol. The van der Waals surface area contributed by atoms with Crippen LogP contribution in [0.4, 0.5) is 0 Å². The summed E-state index contributed by atoms with van der Waals surface area (Å²) in [5.74, 6) is 0.697. The van der Waals surface area contributed by atoms with Gasteiger partial charge in [0, 0.05) is 6.04 Å². The molecule has 1 aromatic carbocycles. The van der Waals surface area contributed by atoms with E-state index in [9.17, 15) is 0 Å². The fourth-order valence-corrected chi connectivity index (χ4v) is 1.41. The molecule has 0 unspecified atom stereocenters. The molecule has 82 valence electrons. The zero-order valence-corrected chi connectivity index (χ0v) is 9.63. The lowest BCUT2D eigenvalue weighted by Gasteiger charge is -2.10. The molecule has 0 aliphatic carbocycles. The molecule has 1 aromatic rings. The van der Waals surface area contributed by atoms with E-state index in [-0.39, 0.29) is 6.04 Å². The highest BCUT2D eigenvalue weighted by molar-refractivity contribution is 6.32. The summed E-state index contributed by atoms with van der Waals surface area (Å²) >= 11 is 6.05. The lowest BCUT2D eigenvalue weighted by atomic mass is 10.1. The largest absolute Gasteiger partial charge is 0.492 e. The van der Waals surface area contributed by atoms with Crippen LogP contribution < -0.4 is 10.5 Å². The zero-order chi connectivity index (χ0) is 11.3. The number of benzene rings is 1. The molecule has 15 heavy (non-hydrogen) atoms. The number of halogens is 1. The van der Waals surface area contributed by atoms with Crippen molar-refractivity contribution in [2.75, 3.05) is 6.61 Å². The summed E-state index contributed by atoms with van der Waals surface area (Å²) in [4.78, 5) is 0. The number of hydrogen-bond acceptors (Lipinski definition) is 2. The van der Waals surface area contributed by atoms with Crippen LogP contribution in [-0.4, -0.2) is 6.61 Å². The Morgan fingerprint density at radius 1 is 1.60 bits per heavy atom. The number of hydrogen-bond donors (Lipinski definition) is 1. The first-order chi connectivity index (χ1) is 7.15. The van der Waals surface area contributed by atoms with Crippen molar-refractivity contribution >= 4 is 11.6 Å². The van der Waals surface area contributed by atoms with Crippen LogP contribution in [0.1, 0.15) is 24.9 Å². The third kappa shape index (κ3) is 3.57. The van der Waals surface area contributed by atoms with Gasteiger partial charge >= 0.3 is 0 Å². The summed E-state index contributed by atoms with van der Waals surface area (Å²) in [6.07, 6.45) is 2.62. The predicted molar refractivity (Wildman–Crippen MR) is 64.4 cm³/mol. The van der Waals surface area contributed by atoms with Crippen molar-refractivity contribution in [2.24, 2.45) is 5.73 Å². The van der Waals surface area contributed by atoms with Crippen LogP contribution in [0.3, 0.4) is 0 Å². The molecule has 0 bridgehead atoms. The molecule has 0 aromatic heterocycles. The summed E-state index contributed by atoms with van der Waals surface area (Å²) in [6.45, 7) is 6.14. The van der Waals surface area contributed by atoms with Gasteiger partial charge in [-0.25, -0.2) is 0 Å². The van der Waals surface area contributed by atoms with E-state index in [1.54, 1.807) is 0 Å². The van der Waals surface area contributed by atoms with Gasteiger partial charge in [0.15, 0.2) is 0 Å². The van der Waals surface area contributed by atoms with E-state index < -0.39 is 0 Å². The molecule has 0 aliphatic heterocycles. The molecule has 1 rings (SSSR count). The maximum Gasteiger partial charge on any atom is 0.137 e. The number of ether oxygens (including phenoxy) is 1. The van der Waals surface area contributed by atoms with Crippen LogP contribution >= 0.6 is 11.6 Å². The summed E-state index contributed by atoms with van der Waals surface area (Å²) < 4.78 is 5.47. The lowest BCUT2D eigenvalue weighted by molar-refractivity contribution is 0.325. The van der Waals surface area contributed by atoms with Crippen LogP contribution in [0.2, 0.25) is 5.02 Å². The van der Waals surface area contributed by atoms with E-state index >= 15 is 0 Å². The van der Waals surface area contributed by atoms with Gasteiger partial charge in [0.25, 0.3) is 0 Å². The summed E-state index contributed by atoms with van der Waals surface area (Å²) in [6, 6.07) is 5.61. The van der Waals surface area contributed by atoms with Gasteiger partial charge < -0.3 is 10.5 Å². The fraction of sp³-hybridized carbons (Fsp3) is 0.333. The van der Waals surface area contributed by atoms with E-state index in [0.717, 1.165) is 12.0 Å². The normalized spacial score (nSPS) is 12.2. The Bertz CT molecular complexity index is 336. The van der Waals surface area contributed by atoms with Crippen molar-refractivity contribution in [3.8, 4) is 5.75 Å². The van der Waals surface area contributed by atoms with E-state index in [0.29, 0.717) is 17.4 Å². The molecule has 0 fully saturated rings. The maximum atomic E-state index is 6.05. The smallest absolute Gasteiger partial charge is 0.137 e. The summed E-state index contributed by atoms with van der Waals surface area (Å²) in [7, 11) is 0. The Morgan fingerprint density at radius 3 is 2.87 bits per heavy atom. The van der Waals surface area contributed by atoms with Gasteiger partial charge in [0.2, 0.25) is 0 Å². The minimum atomic E-state index is -0.00951. The fourth-order valence-electron chi connectivity index (χ4n) is 1.17. The molecule has 0 saturated heterocycles. The first kappa shape index (κ1) is 12.1. The standard InChI is InChI=1S/C12H16ClNO/c1-3-4-7-15-12-6-5-10(9(2)14)8-11(12)13/h3,5-6,8-9H,1,4,7,14H2,2H3/t9-/m1/s1. The Hall–Kier alpha value is -0.990. The molecule has 2 N–H and O–H groups in total. The highest BCUT2D eigenvalue weighted by atomic mass is 35.5. The number of rotatable bonds is 5. The van der Waals surface area contributed by atoms with Crippen molar-refractivity contribution in [3.05, 3.63) is 41.4 Å². The monoisotopic (exact) mass is 225 g/mol. The van der Waals surface area contributed by atoms with Crippen LogP contribution in [0.25, 0.3) is 0 Å². The van der Waals surface area contributed by atoms with Gasteiger partial charge in [-0.15, -0.1) is 6.58 Å². The Labute approximate surface area is 95.7 Å². The topological polar surface area (TPSA) is 35.2 Å². The molecular weight excluding hydrogens is 210 g/mol. The summed E-state index contributed by atoms with van der Waals surface area (Å²) in [5.41, 5.74) is 6.75. The molecule has 0 spiro atoms. The Kier molecular flexibility index (Phi) is 4.66. The maximum absolute atomic E-state index is 6.05. The predicted octanol–water partition coefficient (Wildman–Crippen LogP) is 3.31. The van der Waals surface area contributed by atoms with Gasteiger partial charge in [-0.2, -0.15) is 0 Å². The molecule has 0 aliphatic rings. The van der Waals surface area contributed by atoms with Gasteiger partial charge in [-0.3, -0.25) is 0 Å². The minimum absolute atomic E-state index is 0.00951. The molecule has 1 atom stereocenters. The Balaban J connectivity index is 2.70. The molecule has 0 amide bonds. The van der Waals surface area contributed by atoms with Crippen LogP contribution in [0.15, 0.2) is 30.9 Å². The van der Waals surface area contributed by atoms with Crippen LogP contribution in [-0.2, 0) is 0 Å². The van der Waals surface area contributed by atoms with Crippen molar-refractivity contribution in [1.82, 2.24) is 0 Å². The highest BCUT2D eigenvalue weighted by Crippen LogP contribution is 2.27. The van der Waals surface area contributed by atoms with Crippen LogP contribution in [0, 0.1) is 0 Å². The highest BCUT2D eigenvalue weighted by Gasteiger charge is 2.05. The average Bonchev–Trinajstić information content (AvgIpc) is 2.20. The molecule has 2 nitrogen and oxygen atoms in total. The zero-order valence-electron chi connectivity index (χ0n) is 8.87. The molecule has 0 saturated carbocycles. The van der Waals surface area contributed by atoms with Gasteiger partial charge in [-0.05, 0) is 31.0 Å². The number of nitrogens with two attached hydrogens (primary N) is 1. The van der Waals surface area contributed by atoms with E-state index in [1.165, 1.54) is 0 Å². The quantitative estimate of drug-likeness (QED) is 0.616. The SMILES string of the molecule is C=CCCOc1ccc([C@@H](C)N)cc1Cl. The minimum Gasteiger partial charge on any atom is -0.492 e. The third-order valence-electron chi connectivity index (χ3n) is 2.06. The van der Waals surface area contributed by atoms with Crippen molar-refractivity contribution in [2.45, 2.75) is 19.4 Å². The third-order valence-corrected chi connectivity index (χ3v) is 2.36. The first-order valence-electron chi connectivity index (χ1n) is 4.94. The second kappa shape index (κ2) is 5.79. The van der Waals surface area contributed by atoms with E-state index in [1.807, 2.05) is 31.2 Å². The lowest BCUT2D eigenvalue weighted by Crippen LogP contribution is -2.05. The van der Waals surface area contributed by atoms with Crippen molar-refractivity contribution < 1.29 is 4.74 Å². The Morgan fingerprint density at radius 2 is 2.33 bits per heavy atom. The van der Waals surface area contributed by atoms with E-state index in [2.05, 4.69) is 6.58 Å². The second-order valence-electron chi connectivity index (χ2n) is 3.40. The summed E-state index contributed by atoms with van der Waals surface area (Å²) in [5, 5.41) is 0.605.